The van der Waals surface area contributed by atoms with Crippen LogP contribution in [0.2, 0.25) is 0 Å². The number of hydrogen-bond donors (Lipinski definition) is 1. The van der Waals surface area contributed by atoms with Gasteiger partial charge in [0.1, 0.15) is 12.4 Å². The summed E-state index contributed by atoms with van der Waals surface area (Å²) >= 11 is 0. The molecule has 0 radical (unpaired) electrons. The molecule has 1 heterocycles. The lowest BCUT2D eigenvalue weighted by Crippen LogP contribution is -1.97. The van der Waals surface area contributed by atoms with Crippen molar-refractivity contribution in [3.8, 4) is 5.88 Å². The molecule has 0 aliphatic carbocycles. The summed E-state index contributed by atoms with van der Waals surface area (Å²) in [7, 11) is 0. The molecule has 20 heavy (non-hydrogen) atoms. The average Bonchev–Trinajstić information content (AvgIpc) is 2.45. The lowest BCUT2D eigenvalue weighted by Gasteiger charge is -2.05. The number of halogens is 1. The molecule has 0 bridgehead atoms. The maximum absolute atomic E-state index is 12.7. The Morgan fingerprint density at radius 2 is 2.00 bits per heavy atom. The molecule has 4 nitrogen and oxygen atoms in total. The second-order valence-electron chi connectivity index (χ2n) is 4.02. The summed E-state index contributed by atoms with van der Waals surface area (Å²) in [5.74, 6) is -0.884. The molecule has 0 spiro atoms. The maximum Gasteiger partial charge on any atom is 0.328 e. The first-order valence-corrected chi connectivity index (χ1v) is 5.88. The zero-order chi connectivity index (χ0) is 14.4. The number of carbonyl (C=O) groups is 1. The van der Waals surface area contributed by atoms with Gasteiger partial charge in [-0.3, -0.25) is 0 Å². The Morgan fingerprint density at radius 3 is 2.60 bits per heavy atom. The molecule has 0 atom stereocenters. The highest BCUT2D eigenvalue weighted by molar-refractivity contribution is 5.85. The normalized spacial score (nSPS) is 10.7. The van der Waals surface area contributed by atoms with E-state index in [-0.39, 0.29) is 12.4 Å². The Bertz CT molecular complexity index is 606. The minimum Gasteiger partial charge on any atom is -0.478 e. The first-order valence-electron chi connectivity index (χ1n) is 5.88. The molecule has 0 unspecified atom stereocenters. The predicted octanol–water partition coefficient (Wildman–Crippen LogP) is 2.90. The molecule has 1 aromatic carbocycles. The van der Waals surface area contributed by atoms with Gasteiger partial charge in [0, 0.05) is 18.3 Å². The molecular weight excluding hydrogens is 261 g/mol. The Morgan fingerprint density at radius 1 is 1.25 bits per heavy atom. The van der Waals surface area contributed by atoms with Crippen molar-refractivity contribution < 1.29 is 19.0 Å². The fourth-order valence-electron chi connectivity index (χ4n) is 1.48. The van der Waals surface area contributed by atoms with Gasteiger partial charge in [0.05, 0.1) is 0 Å². The third-order valence-corrected chi connectivity index (χ3v) is 2.48. The van der Waals surface area contributed by atoms with E-state index in [2.05, 4.69) is 4.98 Å². The fraction of sp³-hybridized carbons (Fsp3) is 0.0667. The summed E-state index contributed by atoms with van der Waals surface area (Å²) in [6.45, 7) is 0.289. The molecule has 5 heteroatoms. The molecule has 1 N–H and O–H groups in total. The Balaban J connectivity index is 1.93. The number of pyridine rings is 1. The summed E-state index contributed by atoms with van der Waals surface area (Å²) in [5.41, 5.74) is 1.50. The SMILES string of the molecule is O=C(O)/C=C/c1ccc(OCc2ccc(F)cc2)nc1. The number of nitrogens with zero attached hydrogens (tertiary/aromatic N) is 1. The van der Waals surface area contributed by atoms with E-state index in [0.29, 0.717) is 11.4 Å². The van der Waals surface area contributed by atoms with Crippen molar-refractivity contribution in [2.75, 3.05) is 0 Å². The van der Waals surface area contributed by atoms with Gasteiger partial charge in [-0.15, -0.1) is 0 Å². The minimum atomic E-state index is -1.01. The van der Waals surface area contributed by atoms with Gasteiger partial charge in [-0.2, -0.15) is 0 Å². The number of rotatable bonds is 5. The van der Waals surface area contributed by atoms with Crippen LogP contribution in [0.5, 0.6) is 5.88 Å². The molecule has 0 fully saturated rings. The lowest BCUT2D eigenvalue weighted by atomic mass is 10.2. The molecule has 102 valence electrons. The van der Waals surface area contributed by atoms with E-state index in [1.807, 2.05) is 0 Å². The van der Waals surface area contributed by atoms with Crippen molar-refractivity contribution in [3.05, 3.63) is 65.6 Å². The fourth-order valence-corrected chi connectivity index (χ4v) is 1.48. The first kappa shape index (κ1) is 13.7. The molecule has 0 saturated heterocycles. The van der Waals surface area contributed by atoms with Gasteiger partial charge < -0.3 is 9.84 Å². The molecule has 2 rings (SSSR count). The number of aliphatic carboxylic acids is 1. The summed E-state index contributed by atoms with van der Waals surface area (Å²) in [6, 6.07) is 9.36. The van der Waals surface area contributed by atoms with Crippen LogP contribution in [-0.4, -0.2) is 16.1 Å². The van der Waals surface area contributed by atoms with Crippen LogP contribution in [-0.2, 0) is 11.4 Å². The van der Waals surface area contributed by atoms with Gasteiger partial charge in [0.15, 0.2) is 0 Å². The quantitative estimate of drug-likeness (QED) is 0.851. The average molecular weight is 273 g/mol. The lowest BCUT2D eigenvalue weighted by molar-refractivity contribution is -0.131. The highest BCUT2D eigenvalue weighted by Crippen LogP contribution is 2.11. The van der Waals surface area contributed by atoms with Gasteiger partial charge in [0.25, 0.3) is 0 Å². The van der Waals surface area contributed by atoms with Crippen LogP contribution >= 0.6 is 0 Å². The van der Waals surface area contributed by atoms with Gasteiger partial charge >= 0.3 is 5.97 Å². The monoisotopic (exact) mass is 273 g/mol. The van der Waals surface area contributed by atoms with Crippen LogP contribution in [0, 0.1) is 5.82 Å². The summed E-state index contributed by atoms with van der Waals surface area (Å²) in [5, 5.41) is 8.50. The second kappa shape index (κ2) is 6.47. The second-order valence-corrected chi connectivity index (χ2v) is 4.02. The molecule has 2 aromatic rings. The third-order valence-electron chi connectivity index (χ3n) is 2.48. The van der Waals surface area contributed by atoms with Crippen LogP contribution in [0.25, 0.3) is 6.08 Å². The Labute approximate surface area is 115 Å². The van der Waals surface area contributed by atoms with E-state index in [9.17, 15) is 9.18 Å². The summed E-state index contributed by atoms with van der Waals surface area (Å²) in [6.07, 6.45) is 3.99. The van der Waals surface area contributed by atoms with Crippen molar-refractivity contribution in [1.82, 2.24) is 4.98 Å². The van der Waals surface area contributed by atoms with Crippen LogP contribution < -0.4 is 4.74 Å². The molecular formula is C15H12FNO3. The molecule has 0 amide bonds. The van der Waals surface area contributed by atoms with E-state index in [4.69, 9.17) is 9.84 Å². The van der Waals surface area contributed by atoms with Crippen LogP contribution in [0.3, 0.4) is 0 Å². The van der Waals surface area contributed by atoms with Gasteiger partial charge in [-0.1, -0.05) is 12.1 Å². The van der Waals surface area contributed by atoms with Crippen LogP contribution in [0.15, 0.2) is 48.7 Å². The van der Waals surface area contributed by atoms with Crippen molar-refractivity contribution in [3.63, 3.8) is 0 Å². The molecule has 0 saturated carbocycles. The van der Waals surface area contributed by atoms with Gasteiger partial charge in [-0.05, 0) is 35.4 Å². The maximum atomic E-state index is 12.7. The standard InChI is InChI=1S/C15H12FNO3/c16-13-5-1-12(2-6-13)10-20-14-7-3-11(9-17-14)4-8-15(18)19/h1-9H,10H2,(H,18,19)/b8-4+. The van der Waals surface area contributed by atoms with Crippen molar-refractivity contribution in [1.29, 1.82) is 0 Å². The molecule has 0 aliphatic heterocycles. The van der Waals surface area contributed by atoms with E-state index in [0.717, 1.165) is 11.6 Å². The van der Waals surface area contributed by atoms with Crippen molar-refractivity contribution >= 4 is 12.0 Å². The third kappa shape index (κ3) is 4.20. The van der Waals surface area contributed by atoms with E-state index in [1.165, 1.54) is 24.4 Å². The highest BCUT2D eigenvalue weighted by atomic mass is 19.1. The Kier molecular flexibility index (Phi) is 4.44. The van der Waals surface area contributed by atoms with E-state index in [1.54, 1.807) is 24.3 Å². The van der Waals surface area contributed by atoms with E-state index < -0.39 is 5.97 Å². The van der Waals surface area contributed by atoms with Gasteiger partial charge in [-0.25, -0.2) is 14.2 Å². The highest BCUT2D eigenvalue weighted by Gasteiger charge is 1.98. The van der Waals surface area contributed by atoms with E-state index >= 15 is 0 Å². The largest absolute Gasteiger partial charge is 0.478 e. The smallest absolute Gasteiger partial charge is 0.328 e. The van der Waals surface area contributed by atoms with Crippen LogP contribution in [0.4, 0.5) is 4.39 Å². The summed E-state index contributed by atoms with van der Waals surface area (Å²) in [4.78, 5) is 14.4. The first-order chi connectivity index (χ1) is 9.63. The number of carboxylic acid groups (broad SMARTS) is 1. The molecule has 1 aromatic heterocycles. The van der Waals surface area contributed by atoms with Crippen LogP contribution in [0.1, 0.15) is 11.1 Å². The van der Waals surface area contributed by atoms with Crippen molar-refractivity contribution in [2.45, 2.75) is 6.61 Å². The zero-order valence-electron chi connectivity index (χ0n) is 10.5. The number of benzene rings is 1. The number of ether oxygens (including phenoxy) is 1. The van der Waals surface area contributed by atoms with Crippen molar-refractivity contribution in [2.24, 2.45) is 0 Å². The van der Waals surface area contributed by atoms with Gasteiger partial charge in [0.2, 0.25) is 5.88 Å². The zero-order valence-corrected chi connectivity index (χ0v) is 10.5. The Hall–Kier alpha value is -2.69. The topological polar surface area (TPSA) is 59.4 Å². The number of hydrogen-bond acceptors (Lipinski definition) is 3. The minimum absolute atomic E-state index is 0.289. The summed E-state index contributed by atoms with van der Waals surface area (Å²) < 4.78 is 18.2. The molecule has 0 aliphatic rings. The predicted molar refractivity (Wildman–Crippen MR) is 71.6 cm³/mol. The number of aromatic nitrogens is 1. The number of carboxylic acids is 1.